The van der Waals surface area contributed by atoms with Gasteiger partial charge < -0.3 is 5.32 Å². The van der Waals surface area contributed by atoms with Gasteiger partial charge in [0.05, 0.1) is 22.1 Å². The molecule has 0 spiro atoms. The van der Waals surface area contributed by atoms with Crippen molar-refractivity contribution in [1.29, 1.82) is 5.26 Å². The molecular weight excluding hydrogens is 330 g/mol. The zero-order valence-corrected chi connectivity index (χ0v) is 11.9. The predicted octanol–water partition coefficient (Wildman–Crippen LogP) is 4.24. The lowest BCUT2D eigenvalue weighted by molar-refractivity contribution is -0.384. The quantitative estimate of drug-likeness (QED) is 0.513. The monoisotopic (exact) mass is 339 g/mol. The normalized spacial score (nSPS) is 11.0. The second-order valence-electron chi connectivity index (χ2n) is 4.75. The Labute approximate surface area is 133 Å². The maximum Gasteiger partial charge on any atom is 0.416 e. The summed E-state index contributed by atoms with van der Waals surface area (Å²) in [5.74, 6) is -1.04. The number of hydrogen-bond acceptors (Lipinski definition) is 4. The van der Waals surface area contributed by atoms with E-state index in [2.05, 4.69) is 5.32 Å². The fourth-order valence-electron chi connectivity index (χ4n) is 2.06. The molecule has 0 heterocycles. The van der Waals surface area contributed by atoms with Gasteiger partial charge in [-0.15, -0.1) is 0 Å². The van der Waals surface area contributed by atoms with Gasteiger partial charge in [0.15, 0.2) is 0 Å². The van der Waals surface area contributed by atoms with E-state index in [-0.39, 0.29) is 22.5 Å². The molecule has 1 N–H and O–H groups in total. The van der Waals surface area contributed by atoms with Crippen molar-refractivity contribution in [3.05, 3.63) is 69.0 Å². The average molecular weight is 339 g/mol. The molecule has 0 fully saturated rings. The molecule has 0 aliphatic carbocycles. The molecule has 9 heteroatoms. The Morgan fingerprint density at radius 1 is 1.21 bits per heavy atom. The summed E-state index contributed by atoms with van der Waals surface area (Å²) in [5, 5.41) is 22.3. The van der Waals surface area contributed by atoms with Gasteiger partial charge in [0.1, 0.15) is 11.5 Å². The SMILES string of the molecule is N#Cc1ccc([N+](=O)[O-])c(NCc2ccc(F)cc2C(F)(F)F)c1. The van der Waals surface area contributed by atoms with Gasteiger partial charge in [-0.05, 0) is 29.8 Å². The number of nitriles is 1. The number of anilines is 1. The van der Waals surface area contributed by atoms with E-state index in [9.17, 15) is 27.7 Å². The summed E-state index contributed by atoms with van der Waals surface area (Å²) < 4.78 is 51.9. The highest BCUT2D eigenvalue weighted by molar-refractivity contribution is 5.64. The maximum atomic E-state index is 13.1. The molecule has 5 nitrogen and oxygen atoms in total. The Morgan fingerprint density at radius 2 is 1.92 bits per heavy atom. The van der Waals surface area contributed by atoms with E-state index in [0.717, 1.165) is 24.3 Å². The summed E-state index contributed by atoms with van der Waals surface area (Å²) in [6.07, 6.45) is -4.76. The van der Waals surface area contributed by atoms with Crippen LogP contribution >= 0.6 is 0 Å². The molecule has 0 atom stereocenters. The van der Waals surface area contributed by atoms with Crippen molar-refractivity contribution in [2.75, 3.05) is 5.32 Å². The van der Waals surface area contributed by atoms with Gasteiger partial charge in [0.2, 0.25) is 0 Å². The predicted molar refractivity (Wildman–Crippen MR) is 76.5 cm³/mol. The molecule has 0 saturated carbocycles. The lowest BCUT2D eigenvalue weighted by atomic mass is 10.1. The average Bonchev–Trinajstić information content (AvgIpc) is 2.52. The number of rotatable bonds is 4. The molecule has 2 aromatic rings. The standard InChI is InChI=1S/C15H9F4N3O2/c16-11-3-2-10(12(6-11)15(17,18)19)8-21-13-5-9(7-20)1-4-14(13)22(23)24/h1-6,21H,8H2. The minimum absolute atomic E-state index is 0.100. The zero-order valence-electron chi connectivity index (χ0n) is 11.9. The van der Waals surface area contributed by atoms with E-state index in [4.69, 9.17) is 5.26 Å². The summed E-state index contributed by atoms with van der Waals surface area (Å²) in [5.41, 5.74) is -1.82. The van der Waals surface area contributed by atoms with Crippen LogP contribution in [-0.2, 0) is 12.7 Å². The first-order valence-electron chi connectivity index (χ1n) is 6.50. The molecule has 0 aliphatic rings. The Morgan fingerprint density at radius 3 is 2.50 bits per heavy atom. The van der Waals surface area contributed by atoms with E-state index in [0.29, 0.717) is 6.07 Å². The van der Waals surface area contributed by atoms with Crippen molar-refractivity contribution in [1.82, 2.24) is 0 Å². The third-order valence-electron chi connectivity index (χ3n) is 3.17. The second kappa shape index (κ2) is 6.54. The van der Waals surface area contributed by atoms with Crippen molar-refractivity contribution in [2.45, 2.75) is 12.7 Å². The number of benzene rings is 2. The van der Waals surface area contributed by atoms with Crippen molar-refractivity contribution >= 4 is 11.4 Å². The Bertz CT molecular complexity index is 828. The Balaban J connectivity index is 2.36. The summed E-state index contributed by atoms with van der Waals surface area (Å²) in [6, 6.07) is 7.42. The molecule has 2 rings (SSSR count). The number of alkyl halides is 3. The third kappa shape index (κ3) is 3.78. The Kier molecular flexibility index (Phi) is 4.69. The molecule has 0 aliphatic heterocycles. The molecule has 124 valence electrons. The largest absolute Gasteiger partial charge is 0.416 e. The summed E-state index contributed by atoms with van der Waals surface area (Å²) in [6.45, 7) is -0.426. The highest BCUT2D eigenvalue weighted by Gasteiger charge is 2.33. The number of nitro benzene ring substituents is 1. The van der Waals surface area contributed by atoms with Crippen molar-refractivity contribution in [3.8, 4) is 6.07 Å². The molecule has 24 heavy (non-hydrogen) atoms. The van der Waals surface area contributed by atoms with Crippen LogP contribution in [-0.4, -0.2) is 4.92 Å². The van der Waals surface area contributed by atoms with E-state index in [1.807, 2.05) is 0 Å². The number of halogens is 4. The number of nitro groups is 1. The summed E-state index contributed by atoms with van der Waals surface area (Å²) in [7, 11) is 0. The minimum atomic E-state index is -4.76. The highest BCUT2D eigenvalue weighted by atomic mass is 19.4. The molecule has 0 bridgehead atoms. The van der Waals surface area contributed by atoms with E-state index >= 15 is 0 Å². The van der Waals surface area contributed by atoms with Crippen LogP contribution in [0.3, 0.4) is 0 Å². The van der Waals surface area contributed by atoms with Crippen LogP contribution in [0.2, 0.25) is 0 Å². The van der Waals surface area contributed by atoms with E-state index < -0.39 is 29.0 Å². The molecule has 0 unspecified atom stereocenters. The van der Waals surface area contributed by atoms with Crippen LogP contribution in [0.4, 0.5) is 28.9 Å². The summed E-state index contributed by atoms with van der Waals surface area (Å²) >= 11 is 0. The number of nitrogens with zero attached hydrogens (tertiary/aromatic N) is 2. The first-order chi connectivity index (χ1) is 11.2. The van der Waals surface area contributed by atoms with Crippen LogP contribution in [0, 0.1) is 27.3 Å². The van der Waals surface area contributed by atoms with Gasteiger partial charge in [0, 0.05) is 12.6 Å². The second-order valence-corrected chi connectivity index (χ2v) is 4.75. The van der Waals surface area contributed by atoms with Gasteiger partial charge in [-0.1, -0.05) is 6.07 Å². The fourth-order valence-corrected chi connectivity index (χ4v) is 2.06. The maximum absolute atomic E-state index is 13.1. The van der Waals surface area contributed by atoms with Crippen molar-refractivity contribution in [2.24, 2.45) is 0 Å². The Hall–Kier alpha value is -3.15. The van der Waals surface area contributed by atoms with Crippen LogP contribution in [0.5, 0.6) is 0 Å². The van der Waals surface area contributed by atoms with Crippen molar-refractivity contribution in [3.63, 3.8) is 0 Å². The van der Waals surface area contributed by atoms with Gasteiger partial charge >= 0.3 is 6.18 Å². The van der Waals surface area contributed by atoms with Crippen LogP contribution in [0.15, 0.2) is 36.4 Å². The first-order valence-corrected chi connectivity index (χ1v) is 6.50. The highest BCUT2D eigenvalue weighted by Crippen LogP contribution is 2.33. The van der Waals surface area contributed by atoms with Gasteiger partial charge in [-0.2, -0.15) is 18.4 Å². The van der Waals surface area contributed by atoms with Gasteiger partial charge in [-0.3, -0.25) is 10.1 Å². The summed E-state index contributed by atoms with van der Waals surface area (Å²) in [4.78, 5) is 10.2. The lowest BCUT2D eigenvalue weighted by Gasteiger charge is -2.14. The minimum Gasteiger partial charge on any atom is -0.375 e. The van der Waals surface area contributed by atoms with Crippen LogP contribution < -0.4 is 5.32 Å². The van der Waals surface area contributed by atoms with E-state index in [1.165, 1.54) is 6.07 Å². The molecule has 0 aromatic heterocycles. The number of nitrogens with one attached hydrogen (secondary N) is 1. The zero-order chi connectivity index (χ0) is 17.9. The van der Waals surface area contributed by atoms with E-state index in [1.54, 1.807) is 6.07 Å². The fraction of sp³-hybridized carbons (Fsp3) is 0.133. The molecule has 0 amide bonds. The number of hydrogen-bond donors (Lipinski definition) is 1. The van der Waals surface area contributed by atoms with Crippen molar-refractivity contribution < 1.29 is 22.5 Å². The third-order valence-corrected chi connectivity index (χ3v) is 3.17. The topological polar surface area (TPSA) is 79.0 Å². The smallest absolute Gasteiger partial charge is 0.375 e. The molecule has 2 aromatic carbocycles. The molecule has 0 saturated heterocycles. The molecular formula is C15H9F4N3O2. The van der Waals surface area contributed by atoms with Gasteiger partial charge in [0.25, 0.3) is 5.69 Å². The first kappa shape index (κ1) is 17.2. The van der Waals surface area contributed by atoms with Crippen LogP contribution in [0.25, 0.3) is 0 Å². The van der Waals surface area contributed by atoms with Gasteiger partial charge in [-0.25, -0.2) is 4.39 Å². The van der Waals surface area contributed by atoms with Crippen LogP contribution in [0.1, 0.15) is 16.7 Å². The molecule has 0 radical (unpaired) electrons. The lowest BCUT2D eigenvalue weighted by Crippen LogP contribution is -2.13.